The molecule has 0 aliphatic carbocycles. The molecule has 0 atom stereocenters. The minimum atomic E-state index is -3.83. The van der Waals surface area contributed by atoms with Gasteiger partial charge in [-0.15, -0.1) is 0 Å². The van der Waals surface area contributed by atoms with Crippen molar-refractivity contribution in [2.24, 2.45) is 5.14 Å². The van der Waals surface area contributed by atoms with Gasteiger partial charge in [-0.25, -0.2) is 18.5 Å². The van der Waals surface area contributed by atoms with Crippen molar-refractivity contribution >= 4 is 44.8 Å². The average Bonchev–Trinajstić information content (AvgIpc) is 2.81. The van der Waals surface area contributed by atoms with Gasteiger partial charge in [0.1, 0.15) is 5.69 Å². The van der Waals surface area contributed by atoms with Gasteiger partial charge in [0.05, 0.1) is 22.3 Å². The van der Waals surface area contributed by atoms with Gasteiger partial charge in [-0.1, -0.05) is 18.2 Å². The number of para-hydroxylation sites is 1. The van der Waals surface area contributed by atoms with Crippen LogP contribution in [-0.2, 0) is 10.0 Å². The van der Waals surface area contributed by atoms with Crippen molar-refractivity contribution in [1.82, 2.24) is 9.97 Å². The summed E-state index contributed by atoms with van der Waals surface area (Å²) in [6.07, 6.45) is 1.57. The number of benzene rings is 2. The number of fused-ring (bicyclic) bond motifs is 2. The molecule has 0 saturated heterocycles. The van der Waals surface area contributed by atoms with Crippen LogP contribution < -0.4 is 20.3 Å². The predicted octanol–water partition coefficient (Wildman–Crippen LogP) is 2.62. The molecule has 0 saturated carbocycles. The lowest BCUT2D eigenvalue weighted by atomic mass is 10.1. The van der Waals surface area contributed by atoms with E-state index >= 15 is 0 Å². The van der Waals surface area contributed by atoms with Gasteiger partial charge in [0, 0.05) is 19.3 Å². The molecule has 0 radical (unpaired) electrons. The molecular formula is C20H20N6O3S. The fraction of sp³-hybridized carbons (Fsp3) is 0.150. The summed E-state index contributed by atoms with van der Waals surface area (Å²) in [7, 11) is -2.15. The monoisotopic (exact) mass is 424 g/mol. The number of anilines is 5. The van der Waals surface area contributed by atoms with Crippen molar-refractivity contribution in [2.45, 2.75) is 11.8 Å². The minimum absolute atomic E-state index is 0.0169. The van der Waals surface area contributed by atoms with Crippen LogP contribution in [0.25, 0.3) is 0 Å². The molecule has 2 aromatic carbocycles. The Bertz CT molecular complexity index is 1240. The fourth-order valence-corrected chi connectivity index (χ4v) is 3.92. The molecule has 2 heterocycles. The number of aromatic nitrogens is 2. The average molecular weight is 424 g/mol. The SMILES string of the molecule is CCN1c2ccccc2C(=O)N(C)c2cnc(Nc3cccc(S(N)(=O)=O)c3)nc21. The van der Waals surface area contributed by atoms with Gasteiger partial charge in [-0.2, -0.15) is 4.98 Å². The van der Waals surface area contributed by atoms with Crippen LogP contribution >= 0.6 is 0 Å². The summed E-state index contributed by atoms with van der Waals surface area (Å²) < 4.78 is 23.2. The third-order valence-corrected chi connectivity index (χ3v) is 5.74. The molecule has 1 aliphatic heterocycles. The Kier molecular flexibility index (Phi) is 4.88. The quantitative estimate of drug-likeness (QED) is 0.660. The highest BCUT2D eigenvalue weighted by atomic mass is 32.2. The van der Waals surface area contributed by atoms with Crippen molar-refractivity contribution in [2.75, 3.05) is 28.7 Å². The van der Waals surface area contributed by atoms with E-state index in [1.807, 2.05) is 30.0 Å². The number of rotatable bonds is 4. The minimum Gasteiger partial charge on any atom is -0.324 e. The lowest BCUT2D eigenvalue weighted by Crippen LogP contribution is -2.25. The van der Waals surface area contributed by atoms with Crippen molar-refractivity contribution in [3.05, 3.63) is 60.3 Å². The van der Waals surface area contributed by atoms with Gasteiger partial charge in [0.2, 0.25) is 16.0 Å². The Balaban J connectivity index is 1.78. The standard InChI is InChI=1S/C20H20N6O3S/c1-3-26-16-10-5-4-9-15(16)19(27)25(2)17-12-22-20(24-18(17)26)23-13-7-6-8-14(11-13)30(21,28)29/h4-12H,3H2,1-2H3,(H2,21,28,29)(H,22,23,24). The van der Waals surface area contributed by atoms with Gasteiger partial charge in [-0.3, -0.25) is 4.79 Å². The molecule has 1 aliphatic rings. The summed E-state index contributed by atoms with van der Waals surface area (Å²) in [4.78, 5) is 25.3. The van der Waals surface area contributed by atoms with Crippen LogP contribution in [0.3, 0.4) is 0 Å². The molecule has 30 heavy (non-hydrogen) atoms. The van der Waals surface area contributed by atoms with Gasteiger partial charge in [0.25, 0.3) is 5.91 Å². The van der Waals surface area contributed by atoms with Crippen LogP contribution in [0.15, 0.2) is 59.6 Å². The van der Waals surface area contributed by atoms with E-state index in [2.05, 4.69) is 15.3 Å². The molecule has 0 bridgehead atoms. The molecule has 154 valence electrons. The zero-order valence-corrected chi connectivity index (χ0v) is 17.2. The zero-order chi connectivity index (χ0) is 21.5. The second-order valence-corrected chi connectivity index (χ2v) is 8.29. The van der Waals surface area contributed by atoms with Crippen LogP contribution in [0.1, 0.15) is 17.3 Å². The Morgan fingerprint density at radius 3 is 2.60 bits per heavy atom. The van der Waals surface area contributed by atoms with Crippen molar-refractivity contribution in [3.8, 4) is 0 Å². The first-order valence-corrected chi connectivity index (χ1v) is 10.8. The number of nitrogens with two attached hydrogens (primary N) is 1. The van der Waals surface area contributed by atoms with Crippen LogP contribution in [0.2, 0.25) is 0 Å². The third-order valence-electron chi connectivity index (χ3n) is 4.83. The third kappa shape index (κ3) is 3.46. The molecule has 3 aromatic rings. The van der Waals surface area contributed by atoms with Crippen molar-refractivity contribution in [3.63, 3.8) is 0 Å². The molecule has 0 unspecified atom stereocenters. The number of hydrogen-bond acceptors (Lipinski definition) is 7. The smallest absolute Gasteiger partial charge is 0.260 e. The topological polar surface area (TPSA) is 122 Å². The van der Waals surface area contributed by atoms with E-state index in [9.17, 15) is 13.2 Å². The second kappa shape index (κ2) is 7.39. The van der Waals surface area contributed by atoms with Crippen LogP contribution in [-0.4, -0.2) is 37.9 Å². The number of nitrogens with zero attached hydrogens (tertiary/aromatic N) is 4. The predicted molar refractivity (Wildman–Crippen MR) is 115 cm³/mol. The number of sulfonamides is 1. The first-order chi connectivity index (χ1) is 14.3. The lowest BCUT2D eigenvalue weighted by Gasteiger charge is -2.24. The number of amides is 1. The zero-order valence-electron chi connectivity index (χ0n) is 16.4. The molecular weight excluding hydrogens is 404 g/mol. The fourth-order valence-electron chi connectivity index (χ4n) is 3.36. The Morgan fingerprint density at radius 1 is 1.10 bits per heavy atom. The summed E-state index contributed by atoms with van der Waals surface area (Å²) in [5.41, 5.74) is 2.39. The van der Waals surface area contributed by atoms with E-state index in [1.54, 1.807) is 31.4 Å². The molecule has 4 rings (SSSR count). The first kappa shape index (κ1) is 19.8. The lowest BCUT2D eigenvalue weighted by molar-refractivity contribution is 0.0994. The first-order valence-electron chi connectivity index (χ1n) is 9.21. The van der Waals surface area contributed by atoms with E-state index in [-0.39, 0.29) is 16.8 Å². The number of carbonyl (C=O) groups excluding carboxylic acids is 1. The Hall–Kier alpha value is -3.50. The van der Waals surface area contributed by atoms with Gasteiger partial charge < -0.3 is 15.1 Å². The second-order valence-electron chi connectivity index (χ2n) is 6.73. The Labute approximate surface area is 174 Å². The largest absolute Gasteiger partial charge is 0.324 e. The summed E-state index contributed by atoms with van der Waals surface area (Å²) in [5, 5.41) is 8.22. The van der Waals surface area contributed by atoms with Crippen LogP contribution in [0.4, 0.5) is 28.8 Å². The van der Waals surface area contributed by atoms with E-state index in [0.29, 0.717) is 29.3 Å². The van der Waals surface area contributed by atoms with Gasteiger partial charge in [0.15, 0.2) is 5.82 Å². The van der Waals surface area contributed by atoms with Gasteiger partial charge >= 0.3 is 0 Å². The maximum atomic E-state index is 12.9. The number of carbonyl (C=O) groups is 1. The summed E-state index contributed by atoms with van der Waals surface area (Å²) in [6, 6.07) is 13.4. The summed E-state index contributed by atoms with van der Waals surface area (Å²) >= 11 is 0. The number of primary sulfonamides is 1. The molecule has 0 fully saturated rings. The van der Waals surface area contributed by atoms with Crippen LogP contribution in [0, 0.1) is 0 Å². The Morgan fingerprint density at radius 2 is 1.87 bits per heavy atom. The highest BCUT2D eigenvalue weighted by Gasteiger charge is 2.29. The highest BCUT2D eigenvalue weighted by Crippen LogP contribution is 2.38. The van der Waals surface area contributed by atoms with Crippen molar-refractivity contribution in [1.29, 1.82) is 0 Å². The van der Waals surface area contributed by atoms with Crippen LogP contribution in [0.5, 0.6) is 0 Å². The molecule has 3 N–H and O–H groups in total. The maximum Gasteiger partial charge on any atom is 0.260 e. The molecule has 9 nitrogen and oxygen atoms in total. The molecule has 1 amide bonds. The molecule has 1 aromatic heterocycles. The maximum absolute atomic E-state index is 12.9. The summed E-state index contributed by atoms with van der Waals surface area (Å²) in [6.45, 7) is 2.56. The number of nitrogens with one attached hydrogen (secondary N) is 1. The van der Waals surface area contributed by atoms with E-state index < -0.39 is 10.0 Å². The van der Waals surface area contributed by atoms with Crippen molar-refractivity contribution < 1.29 is 13.2 Å². The van der Waals surface area contributed by atoms with E-state index in [1.165, 1.54) is 17.0 Å². The van der Waals surface area contributed by atoms with E-state index in [4.69, 9.17) is 5.14 Å². The molecule has 10 heteroatoms. The molecule has 0 spiro atoms. The van der Waals surface area contributed by atoms with E-state index in [0.717, 1.165) is 5.69 Å². The summed E-state index contributed by atoms with van der Waals surface area (Å²) in [5.74, 6) is 0.686. The highest BCUT2D eigenvalue weighted by molar-refractivity contribution is 7.89. The van der Waals surface area contributed by atoms with Gasteiger partial charge in [-0.05, 0) is 37.3 Å². The number of hydrogen-bond donors (Lipinski definition) is 2. The normalized spacial score (nSPS) is 13.5.